The van der Waals surface area contributed by atoms with E-state index in [1.165, 1.54) is 30.5 Å². The number of nitrogens with zero attached hydrogens (tertiary/aromatic N) is 2. The highest BCUT2D eigenvalue weighted by Crippen LogP contribution is 2.34. The molecule has 0 unspecified atom stereocenters. The number of pyridine rings is 2. The average Bonchev–Trinajstić information content (AvgIpc) is 3.18. The van der Waals surface area contributed by atoms with Gasteiger partial charge in [0.1, 0.15) is 11.3 Å². The minimum absolute atomic E-state index is 0.0778. The topological polar surface area (TPSA) is 114 Å². The van der Waals surface area contributed by atoms with E-state index in [1.807, 2.05) is 0 Å². The maximum atomic E-state index is 12.7. The molecule has 3 heterocycles. The average molecular weight is 454 g/mol. The molecule has 1 aromatic carbocycles. The van der Waals surface area contributed by atoms with Gasteiger partial charge in [0.15, 0.2) is 5.58 Å². The quantitative estimate of drug-likeness (QED) is 0.464. The van der Waals surface area contributed by atoms with Gasteiger partial charge in [-0.05, 0) is 43.7 Å². The summed E-state index contributed by atoms with van der Waals surface area (Å²) in [6.45, 7) is 2.94. The molecule has 0 spiro atoms. The molecule has 2 N–H and O–H groups in total. The van der Waals surface area contributed by atoms with Crippen LogP contribution in [0.2, 0.25) is 0 Å². The Morgan fingerprint density at radius 1 is 1.12 bits per heavy atom. The van der Waals surface area contributed by atoms with E-state index in [0.29, 0.717) is 28.0 Å². The van der Waals surface area contributed by atoms with Crippen molar-refractivity contribution in [2.75, 3.05) is 6.54 Å². The first-order valence-corrected chi connectivity index (χ1v) is 11.4. The van der Waals surface area contributed by atoms with Gasteiger partial charge >= 0.3 is 0 Å². The number of nitrogens with one attached hydrogen (secondary N) is 1. The van der Waals surface area contributed by atoms with Gasteiger partial charge in [-0.25, -0.2) is 13.1 Å². The number of fused-ring (bicyclic) bond motifs is 1. The number of aliphatic hydroxyl groups is 1. The lowest BCUT2D eigenvalue weighted by molar-refractivity contribution is 0.0857. The van der Waals surface area contributed by atoms with Crippen LogP contribution in [0.4, 0.5) is 0 Å². The standard InChI is InChI=1S/C23H23N3O5S/c1-23(2,28)14-25-32(29,30)17-6-4-5-15(11-17)18-9-10-24-19-12-20(31-22(18)19)16-7-8-21(27)26(3)13-16/h4-13,25,28H,14H2,1-3H3. The zero-order valence-electron chi connectivity index (χ0n) is 17.9. The van der Waals surface area contributed by atoms with E-state index >= 15 is 0 Å². The molecule has 0 fully saturated rings. The molecule has 0 amide bonds. The summed E-state index contributed by atoms with van der Waals surface area (Å²) in [5.41, 5.74) is 1.88. The summed E-state index contributed by atoms with van der Waals surface area (Å²) in [5.74, 6) is 0.547. The molecule has 4 rings (SSSR count). The fraction of sp³-hybridized carbons (Fsp3) is 0.217. The molecule has 0 aliphatic rings. The van der Waals surface area contributed by atoms with Crippen LogP contribution in [0.15, 0.2) is 75.0 Å². The Bertz CT molecular complexity index is 1460. The van der Waals surface area contributed by atoms with E-state index in [4.69, 9.17) is 4.42 Å². The van der Waals surface area contributed by atoms with Crippen molar-refractivity contribution in [2.24, 2.45) is 7.05 Å². The zero-order chi connectivity index (χ0) is 23.1. The van der Waals surface area contributed by atoms with Crippen LogP contribution in [0.1, 0.15) is 13.8 Å². The highest BCUT2D eigenvalue weighted by molar-refractivity contribution is 7.89. The summed E-state index contributed by atoms with van der Waals surface area (Å²) in [5, 5.41) is 9.84. The number of sulfonamides is 1. The monoisotopic (exact) mass is 453 g/mol. The van der Waals surface area contributed by atoms with Gasteiger partial charge < -0.3 is 14.1 Å². The molecule has 32 heavy (non-hydrogen) atoms. The predicted octanol–water partition coefficient (Wildman–Crippen LogP) is 2.91. The maximum absolute atomic E-state index is 12.7. The van der Waals surface area contributed by atoms with E-state index in [-0.39, 0.29) is 17.0 Å². The molecule has 8 nitrogen and oxygen atoms in total. The third-order valence-corrected chi connectivity index (χ3v) is 6.33. The highest BCUT2D eigenvalue weighted by atomic mass is 32.2. The predicted molar refractivity (Wildman–Crippen MR) is 122 cm³/mol. The van der Waals surface area contributed by atoms with Gasteiger partial charge in [-0.3, -0.25) is 9.78 Å². The Morgan fingerprint density at radius 3 is 2.62 bits per heavy atom. The van der Waals surface area contributed by atoms with Crippen LogP contribution in [0.3, 0.4) is 0 Å². The molecule has 3 aromatic heterocycles. The summed E-state index contributed by atoms with van der Waals surface area (Å²) >= 11 is 0. The van der Waals surface area contributed by atoms with Crippen LogP contribution in [-0.2, 0) is 17.1 Å². The summed E-state index contributed by atoms with van der Waals surface area (Å²) in [6.07, 6.45) is 3.31. The van der Waals surface area contributed by atoms with Crippen LogP contribution < -0.4 is 10.3 Å². The van der Waals surface area contributed by atoms with Crippen molar-refractivity contribution in [3.05, 3.63) is 71.3 Å². The number of hydrogen-bond acceptors (Lipinski definition) is 6. The van der Waals surface area contributed by atoms with Crippen molar-refractivity contribution in [1.82, 2.24) is 14.3 Å². The third kappa shape index (κ3) is 4.50. The summed E-state index contributed by atoms with van der Waals surface area (Å²) < 4.78 is 35.3. The molecular weight excluding hydrogens is 430 g/mol. The van der Waals surface area contributed by atoms with Gasteiger partial charge in [-0.1, -0.05) is 12.1 Å². The fourth-order valence-electron chi connectivity index (χ4n) is 3.23. The molecule has 0 saturated heterocycles. The van der Waals surface area contributed by atoms with Crippen molar-refractivity contribution in [2.45, 2.75) is 24.3 Å². The largest absolute Gasteiger partial charge is 0.454 e. The normalized spacial score (nSPS) is 12.4. The Labute approximate surface area is 185 Å². The molecular formula is C23H23N3O5S. The molecule has 0 atom stereocenters. The molecule has 0 aliphatic carbocycles. The molecule has 0 aliphatic heterocycles. The Balaban J connectivity index is 1.76. The van der Waals surface area contributed by atoms with Gasteiger partial charge in [-0.2, -0.15) is 0 Å². The summed E-state index contributed by atoms with van der Waals surface area (Å²) in [4.78, 5) is 16.1. The SMILES string of the molecule is Cn1cc(-c2cc3nccc(-c4cccc(S(=O)(=O)NCC(C)(C)O)c4)c3o2)ccc1=O. The Morgan fingerprint density at radius 2 is 1.91 bits per heavy atom. The van der Waals surface area contributed by atoms with Crippen molar-refractivity contribution in [3.63, 3.8) is 0 Å². The third-order valence-electron chi connectivity index (χ3n) is 4.93. The van der Waals surface area contributed by atoms with E-state index in [1.54, 1.807) is 55.8 Å². The van der Waals surface area contributed by atoms with Crippen molar-refractivity contribution >= 4 is 21.1 Å². The second kappa shape index (κ2) is 8.01. The molecule has 0 saturated carbocycles. The minimum Gasteiger partial charge on any atom is -0.454 e. The van der Waals surface area contributed by atoms with Crippen molar-refractivity contribution in [3.8, 4) is 22.5 Å². The summed E-state index contributed by atoms with van der Waals surface area (Å²) in [7, 11) is -2.15. The van der Waals surface area contributed by atoms with E-state index in [9.17, 15) is 18.3 Å². The van der Waals surface area contributed by atoms with E-state index in [0.717, 1.165) is 5.56 Å². The number of furan rings is 1. The van der Waals surface area contributed by atoms with Crippen LogP contribution in [-0.4, -0.2) is 35.2 Å². The minimum atomic E-state index is -3.81. The Kier molecular flexibility index (Phi) is 5.49. The first-order valence-electron chi connectivity index (χ1n) is 9.92. The van der Waals surface area contributed by atoms with Crippen molar-refractivity contribution < 1.29 is 17.9 Å². The molecule has 4 aromatic rings. The fourth-order valence-corrected chi connectivity index (χ4v) is 4.48. The van der Waals surface area contributed by atoms with Gasteiger partial charge in [0.25, 0.3) is 0 Å². The maximum Gasteiger partial charge on any atom is 0.250 e. The summed E-state index contributed by atoms with van der Waals surface area (Å²) in [6, 6.07) is 13.2. The van der Waals surface area contributed by atoms with E-state index < -0.39 is 15.6 Å². The Hall–Kier alpha value is -3.27. The van der Waals surface area contributed by atoms with E-state index in [2.05, 4.69) is 9.71 Å². The lowest BCUT2D eigenvalue weighted by atomic mass is 10.1. The number of rotatable bonds is 6. The smallest absolute Gasteiger partial charge is 0.250 e. The lowest BCUT2D eigenvalue weighted by Gasteiger charge is -2.18. The first kappa shape index (κ1) is 21.9. The van der Waals surface area contributed by atoms with Crippen LogP contribution in [0, 0.1) is 0 Å². The zero-order valence-corrected chi connectivity index (χ0v) is 18.7. The van der Waals surface area contributed by atoms with Gasteiger partial charge in [0, 0.05) is 49.2 Å². The molecule has 0 bridgehead atoms. The second-order valence-electron chi connectivity index (χ2n) is 8.22. The molecule has 9 heteroatoms. The van der Waals surface area contributed by atoms with Gasteiger partial charge in [-0.15, -0.1) is 0 Å². The number of aromatic nitrogens is 2. The number of hydrogen-bond donors (Lipinski definition) is 2. The lowest BCUT2D eigenvalue weighted by Crippen LogP contribution is -2.38. The number of aryl methyl sites for hydroxylation is 1. The number of benzene rings is 1. The van der Waals surface area contributed by atoms with Gasteiger partial charge in [0.2, 0.25) is 15.6 Å². The van der Waals surface area contributed by atoms with Crippen molar-refractivity contribution in [1.29, 1.82) is 0 Å². The van der Waals surface area contributed by atoms with Crippen LogP contribution >= 0.6 is 0 Å². The van der Waals surface area contributed by atoms with Gasteiger partial charge in [0.05, 0.1) is 10.5 Å². The van der Waals surface area contributed by atoms with Crippen LogP contribution in [0.25, 0.3) is 33.6 Å². The van der Waals surface area contributed by atoms with Crippen LogP contribution in [0.5, 0.6) is 0 Å². The molecule has 0 radical (unpaired) electrons. The first-order chi connectivity index (χ1) is 15.0. The molecule has 166 valence electrons. The highest BCUT2D eigenvalue weighted by Gasteiger charge is 2.21. The second-order valence-corrected chi connectivity index (χ2v) is 9.98.